The van der Waals surface area contributed by atoms with E-state index in [2.05, 4.69) is 36.3 Å². The Bertz CT molecular complexity index is 586. The van der Waals surface area contributed by atoms with Gasteiger partial charge in [0.15, 0.2) is 0 Å². The zero-order chi connectivity index (χ0) is 13.4. The largest absolute Gasteiger partial charge is 0.310 e. The van der Waals surface area contributed by atoms with Crippen LogP contribution in [0, 0.1) is 13.8 Å². The summed E-state index contributed by atoms with van der Waals surface area (Å²) in [6, 6.07) is 0.701. The molecule has 1 aliphatic carbocycles. The average Bonchev–Trinajstić information content (AvgIpc) is 3.21. The zero-order valence-corrected chi connectivity index (χ0v) is 12.6. The molecule has 1 fully saturated rings. The van der Waals surface area contributed by atoms with Crippen LogP contribution in [-0.4, -0.2) is 25.8 Å². The summed E-state index contributed by atoms with van der Waals surface area (Å²) in [7, 11) is 0. The van der Waals surface area contributed by atoms with Gasteiger partial charge in [-0.15, -0.1) is 0 Å². The fraction of sp³-hybridized carbons (Fsp3) is 0.462. The Kier molecular flexibility index (Phi) is 3.36. The quantitative estimate of drug-likeness (QED) is 0.938. The van der Waals surface area contributed by atoms with Gasteiger partial charge in [0.25, 0.3) is 5.95 Å². The number of aromatic nitrogens is 4. The van der Waals surface area contributed by atoms with E-state index >= 15 is 0 Å². The maximum absolute atomic E-state index is 4.42. The number of nitrogens with one attached hydrogen (secondary N) is 1. The normalized spacial score (nSPS) is 14.9. The van der Waals surface area contributed by atoms with Crippen molar-refractivity contribution in [3.8, 4) is 5.95 Å². The van der Waals surface area contributed by atoms with Crippen molar-refractivity contribution in [3.63, 3.8) is 0 Å². The molecular weight excluding hydrogens is 306 g/mol. The minimum absolute atomic E-state index is 0.612. The van der Waals surface area contributed by atoms with E-state index < -0.39 is 0 Å². The van der Waals surface area contributed by atoms with E-state index in [1.54, 1.807) is 4.68 Å². The molecule has 0 unspecified atom stereocenters. The lowest BCUT2D eigenvalue weighted by Gasteiger charge is -2.05. The average molecular weight is 322 g/mol. The molecule has 1 N–H and O–H groups in total. The summed E-state index contributed by atoms with van der Waals surface area (Å²) in [6.07, 6.45) is 6.31. The van der Waals surface area contributed by atoms with Crippen molar-refractivity contribution < 1.29 is 0 Å². The van der Waals surface area contributed by atoms with Crippen LogP contribution in [0.4, 0.5) is 0 Å². The smallest absolute Gasteiger partial charge is 0.250 e. The minimum Gasteiger partial charge on any atom is -0.310 e. The molecule has 2 aromatic heterocycles. The Balaban J connectivity index is 1.78. The molecule has 2 aromatic rings. The van der Waals surface area contributed by atoms with Crippen LogP contribution in [0.15, 0.2) is 16.9 Å². The lowest BCUT2D eigenvalue weighted by Crippen LogP contribution is -2.16. The molecule has 6 heteroatoms. The van der Waals surface area contributed by atoms with Crippen molar-refractivity contribution in [3.05, 3.63) is 33.8 Å². The number of hydrogen-bond acceptors (Lipinski definition) is 4. The second-order valence-electron chi connectivity index (χ2n) is 4.94. The minimum atomic E-state index is 0.612. The van der Waals surface area contributed by atoms with E-state index in [-0.39, 0.29) is 0 Å². The van der Waals surface area contributed by atoms with Crippen LogP contribution in [-0.2, 0) is 6.54 Å². The molecule has 0 atom stereocenters. The fourth-order valence-corrected chi connectivity index (χ4v) is 2.16. The van der Waals surface area contributed by atoms with Crippen molar-refractivity contribution in [2.24, 2.45) is 0 Å². The summed E-state index contributed by atoms with van der Waals surface area (Å²) < 4.78 is 2.77. The van der Waals surface area contributed by atoms with E-state index in [9.17, 15) is 0 Å². The second-order valence-corrected chi connectivity index (χ2v) is 5.74. The maximum Gasteiger partial charge on any atom is 0.250 e. The number of hydrogen-bond donors (Lipinski definition) is 1. The van der Waals surface area contributed by atoms with Gasteiger partial charge in [0.05, 0.1) is 15.9 Å². The van der Waals surface area contributed by atoms with Crippen molar-refractivity contribution in [2.45, 2.75) is 39.3 Å². The van der Waals surface area contributed by atoms with Crippen LogP contribution in [0.1, 0.15) is 29.8 Å². The van der Waals surface area contributed by atoms with Gasteiger partial charge in [0.2, 0.25) is 0 Å². The van der Waals surface area contributed by atoms with Crippen LogP contribution in [0.25, 0.3) is 5.95 Å². The van der Waals surface area contributed by atoms with E-state index in [0.29, 0.717) is 12.0 Å². The molecule has 0 radical (unpaired) electrons. The van der Waals surface area contributed by atoms with Crippen molar-refractivity contribution >= 4 is 15.9 Å². The highest BCUT2D eigenvalue weighted by Crippen LogP contribution is 2.21. The lowest BCUT2D eigenvalue weighted by molar-refractivity contribution is 0.679. The highest BCUT2D eigenvalue weighted by molar-refractivity contribution is 9.10. The molecule has 0 bridgehead atoms. The molecule has 0 spiro atoms. The van der Waals surface area contributed by atoms with Crippen LogP contribution in [0.2, 0.25) is 0 Å². The molecule has 100 valence electrons. The maximum atomic E-state index is 4.42. The molecule has 3 rings (SSSR count). The van der Waals surface area contributed by atoms with Gasteiger partial charge in [-0.25, -0.2) is 14.6 Å². The van der Waals surface area contributed by atoms with Gasteiger partial charge >= 0.3 is 0 Å². The summed E-state index contributed by atoms with van der Waals surface area (Å²) in [4.78, 5) is 8.78. The summed E-state index contributed by atoms with van der Waals surface area (Å²) in [5.74, 6) is 0.612. The molecule has 1 saturated carbocycles. The number of aryl methyl sites for hydroxylation is 1. The van der Waals surface area contributed by atoms with Gasteiger partial charge in [0, 0.05) is 30.5 Å². The van der Waals surface area contributed by atoms with E-state index in [1.165, 1.54) is 12.8 Å². The summed E-state index contributed by atoms with van der Waals surface area (Å²) in [6.45, 7) is 4.79. The van der Waals surface area contributed by atoms with Gasteiger partial charge in [-0.05, 0) is 42.6 Å². The number of rotatable bonds is 4. The highest BCUT2D eigenvalue weighted by Gasteiger charge is 2.20. The van der Waals surface area contributed by atoms with Crippen molar-refractivity contribution in [2.75, 3.05) is 0 Å². The number of nitrogens with zero attached hydrogens (tertiary/aromatic N) is 4. The Hall–Kier alpha value is -1.27. The Morgan fingerprint density at radius 3 is 2.53 bits per heavy atom. The van der Waals surface area contributed by atoms with Crippen LogP contribution < -0.4 is 5.32 Å². The molecule has 2 heterocycles. The lowest BCUT2D eigenvalue weighted by atomic mass is 10.3. The van der Waals surface area contributed by atoms with E-state index in [0.717, 1.165) is 28.0 Å². The number of halogens is 1. The molecule has 0 aromatic carbocycles. The Morgan fingerprint density at radius 1 is 1.32 bits per heavy atom. The Morgan fingerprint density at radius 2 is 2.00 bits per heavy atom. The first-order valence-corrected chi connectivity index (χ1v) is 7.21. The molecule has 0 aliphatic heterocycles. The third-order valence-corrected chi connectivity index (χ3v) is 4.40. The standard InChI is InChI=1S/C13H16BrN5/c1-8-12(14)9(2)19(18-8)13-16-6-10(7-17-13)5-15-11-3-4-11/h6-7,11,15H,3-5H2,1-2H3. The van der Waals surface area contributed by atoms with Crippen LogP contribution in [0.5, 0.6) is 0 Å². The van der Waals surface area contributed by atoms with Gasteiger partial charge in [-0.2, -0.15) is 5.10 Å². The van der Waals surface area contributed by atoms with Gasteiger partial charge < -0.3 is 5.32 Å². The second kappa shape index (κ2) is 5.02. The molecule has 0 saturated heterocycles. The summed E-state index contributed by atoms with van der Waals surface area (Å²) in [5.41, 5.74) is 3.07. The topological polar surface area (TPSA) is 55.6 Å². The zero-order valence-electron chi connectivity index (χ0n) is 11.0. The van der Waals surface area contributed by atoms with E-state index in [1.807, 2.05) is 26.2 Å². The first-order valence-electron chi connectivity index (χ1n) is 6.41. The summed E-state index contributed by atoms with van der Waals surface area (Å²) in [5, 5.41) is 7.87. The molecule has 19 heavy (non-hydrogen) atoms. The molecule has 0 amide bonds. The van der Waals surface area contributed by atoms with Crippen LogP contribution in [0.3, 0.4) is 0 Å². The fourth-order valence-electron chi connectivity index (χ4n) is 1.92. The summed E-state index contributed by atoms with van der Waals surface area (Å²) >= 11 is 3.51. The SMILES string of the molecule is Cc1nn(-c2ncc(CNC3CC3)cn2)c(C)c1Br. The Labute approximate surface area is 120 Å². The van der Waals surface area contributed by atoms with Crippen molar-refractivity contribution in [1.82, 2.24) is 25.1 Å². The van der Waals surface area contributed by atoms with Crippen LogP contribution >= 0.6 is 15.9 Å². The van der Waals surface area contributed by atoms with Gasteiger partial charge in [-0.3, -0.25) is 0 Å². The third kappa shape index (κ3) is 2.69. The predicted molar refractivity (Wildman–Crippen MR) is 76.2 cm³/mol. The first-order chi connectivity index (χ1) is 9.15. The predicted octanol–water partition coefficient (Wildman–Crippen LogP) is 2.29. The highest BCUT2D eigenvalue weighted by atomic mass is 79.9. The third-order valence-electron chi connectivity index (χ3n) is 3.26. The van der Waals surface area contributed by atoms with Gasteiger partial charge in [0.1, 0.15) is 0 Å². The molecular formula is C13H16BrN5. The van der Waals surface area contributed by atoms with Crippen molar-refractivity contribution in [1.29, 1.82) is 0 Å². The first kappa shape index (κ1) is 12.7. The monoisotopic (exact) mass is 321 g/mol. The van der Waals surface area contributed by atoms with E-state index in [4.69, 9.17) is 0 Å². The molecule has 1 aliphatic rings. The van der Waals surface area contributed by atoms with Gasteiger partial charge in [-0.1, -0.05) is 0 Å². The molecule has 5 nitrogen and oxygen atoms in total.